The average Bonchev–Trinajstić information content (AvgIpc) is 3.04. The first kappa shape index (κ1) is 11.3. The largest absolute Gasteiger partial charge is 0.494 e. The Balaban J connectivity index is 2.12. The van der Waals surface area contributed by atoms with Crippen LogP contribution in [-0.2, 0) is 0 Å². The third kappa shape index (κ3) is 1.81. The number of furan rings is 1. The summed E-state index contributed by atoms with van der Waals surface area (Å²) < 4.78 is 10.3. The van der Waals surface area contributed by atoms with Crippen molar-refractivity contribution in [3.05, 3.63) is 40.4 Å². The van der Waals surface area contributed by atoms with Gasteiger partial charge in [0.15, 0.2) is 11.6 Å². The topological polar surface area (TPSA) is 94.2 Å². The second-order valence-corrected chi connectivity index (χ2v) is 3.84. The zero-order valence-electron chi connectivity index (χ0n) is 9.91. The molecule has 1 N–H and O–H groups in total. The van der Waals surface area contributed by atoms with E-state index in [1.807, 2.05) is 12.1 Å². The molecule has 0 fully saturated rings. The van der Waals surface area contributed by atoms with Crippen LogP contribution < -0.4 is 4.74 Å². The van der Waals surface area contributed by atoms with Gasteiger partial charge in [0, 0.05) is 0 Å². The van der Waals surface area contributed by atoms with Crippen LogP contribution in [0.2, 0.25) is 0 Å². The molecule has 0 spiro atoms. The number of aromatic nitrogens is 2. The number of ether oxygens (including phenoxy) is 1. The third-order valence-corrected chi connectivity index (χ3v) is 2.70. The maximum absolute atomic E-state index is 10.6. The van der Waals surface area contributed by atoms with Gasteiger partial charge in [-0.3, -0.25) is 10.1 Å². The minimum absolute atomic E-state index is 0.310. The molecule has 0 aliphatic heterocycles. The van der Waals surface area contributed by atoms with Gasteiger partial charge < -0.3 is 14.1 Å². The van der Waals surface area contributed by atoms with Crippen LogP contribution in [0, 0.1) is 10.1 Å². The number of para-hydroxylation sites is 1. The number of nitrogens with zero attached hydrogens (tertiary/aromatic N) is 2. The Kier molecular flexibility index (Phi) is 2.45. The first-order chi connectivity index (χ1) is 9.19. The van der Waals surface area contributed by atoms with E-state index in [1.54, 1.807) is 13.2 Å². The summed E-state index contributed by atoms with van der Waals surface area (Å²) in [6.07, 6.45) is 0. The van der Waals surface area contributed by atoms with E-state index >= 15 is 0 Å². The summed E-state index contributed by atoms with van der Waals surface area (Å²) in [4.78, 5) is 17.3. The van der Waals surface area contributed by atoms with Crippen LogP contribution in [0.1, 0.15) is 0 Å². The molecule has 0 saturated heterocycles. The molecule has 7 nitrogen and oxygen atoms in total. The normalized spacial score (nSPS) is 10.8. The first-order valence-electron chi connectivity index (χ1n) is 5.46. The number of hydrogen-bond acceptors (Lipinski definition) is 5. The van der Waals surface area contributed by atoms with E-state index in [0.29, 0.717) is 22.9 Å². The molecule has 1 aromatic carbocycles. The Labute approximate surface area is 107 Å². The fraction of sp³-hybridized carbons (Fsp3) is 0.0833. The Morgan fingerprint density at radius 3 is 2.89 bits per heavy atom. The number of rotatable bonds is 3. The number of nitro groups is 1. The highest BCUT2D eigenvalue weighted by Crippen LogP contribution is 2.29. The fourth-order valence-electron chi connectivity index (χ4n) is 1.84. The maximum Gasteiger partial charge on any atom is 0.433 e. The monoisotopic (exact) mass is 259 g/mol. The zero-order chi connectivity index (χ0) is 13.4. The Bertz CT molecular complexity index is 759. The van der Waals surface area contributed by atoms with Crippen molar-refractivity contribution in [2.24, 2.45) is 0 Å². The van der Waals surface area contributed by atoms with Crippen LogP contribution in [0.3, 0.4) is 0 Å². The second-order valence-electron chi connectivity index (χ2n) is 3.84. The molecule has 0 atom stereocenters. The van der Waals surface area contributed by atoms with Crippen molar-refractivity contribution in [2.45, 2.75) is 0 Å². The van der Waals surface area contributed by atoms with Crippen LogP contribution in [0.4, 0.5) is 5.88 Å². The van der Waals surface area contributed by atoms with Gasteiger partial charge in [-0.2, -0.15) is 0 Å². The molecule has 96 valence electrons. The Morgan fingerprint density at radius 2 is 2.21 bits per heavy atom. The summed E-state index contributed by atoms with van der Waals surface area (Å²) in [6, 6.07) is 8.25. The summed E-state index contributed by atoms with van der Waals surface area (Å²) in [7, 11) is 1.56. The molecule has 0 aliphatic carbocycles. The highest BCUT2D eigenvalue weighted by Gasteiger charge is 2.16. The summed E-state index contributed by atoms with van der Waals surface area (Å²) >= 11 is 0. The van der Waals surface area contributed by atoms with Gasteiger partial charge >= 0.3 is 5.88 Å². The van der Waals surface area contributed by atoms with Crippen LogP contribution in [-0.4, -0.2) is 22.0 Å². The molecule has 0 saturated carbocycles. The molecule has 2 aromatic heterocycles. The molecule has 3 aromatic rings. The van der Waals surface area contributed by atoms with E-state index < -0.39 is 4.92 Å². The van der Waals surface area contributed by atoms with Gasteiger partial charge in [-0.15, -0.1) is 0 Å². The van der Waals surface area contributed by atoms with Crippen LogP contribution >= 0.6 is 0 Å². The van der Waals surface area contributed by atoms with Crippen molar-refractivity contribution in [1.29, 1.82) is 0 Å². The smallest absolute Gasteiger partial charge is 0.433 e. The number of H-pyrrole nitrogens is 1. The number of fused-ring (bicyclic) bond motifs is 1. The Hall–Kier alpha value is -2.83. The van der Waals surface area contributed by atoms with Crippen LogP contribution in [0.15, 0.2) is 34.7 Å². The molecule has 2 heterocycles. The first-order valence-corrected chi connectivity index (χ1v) is 5.46. The molecular formula is C12H9N3O4. The van der Waals surface area contributed by atoms with Crippen molar-refractivity contribution in [1.82, 2.24) is 9.97 Å². The number of hydrogen-bond donors (Lipinski definition) is 1. The molecule has 0 aliphatic rings. The highest BCUT2D eigenvalue weighted by molar-refractivity contribution is 5.84. The van der Waals surface area contributed by atoms with E-state index in [2.05, 4.69) is 9.97 Å². The van der Waals surface area contributed by atoms with E-state index in [4.69, 9.17) is 9.15 Å². The SMILES string of the molecule is COc1cccc2[nH]c(-c3ccc([N+](=O)[O-])o3)nc12. The summed E-state index contributed by atoms with van der Waals surface area (Å²) in [5, 5.41) is 10.6. The number of nitrogens with one attached hydrogen (secondary N) is 1. The lowest BCUT2D eigenvalue weighted by atomic mass is 10.3. The molecule has 0 radical (unpaired) electrons. The van der Waals surface area contributed by atoms with Crippen molar-refractivity contribution in [3.63, 3.8) is 0 Å². The van der Waals surface area contributed by atoms with Crippen molar-refractivity contribution >= 4 is 16.9 Å². The standard InChI is InChI=1S/C12H9N3O4/c1-18-8-4-2-3-7-11(8)14-12(13-7)9-5-6-10(19-9)15(16)17/h2-6H,1H3,(H,13,14). The van der Waals surface area contributed by atoms with E-state index in [-0.39, 0.29) is 5.88 Å². The van der Waals surface area contributed by atoms with Crippen molar-refractivity contribution in [2.75, 3.05) is 7.11 Å². The number of methoxy groups -OCH3 is 1. The number of aromatic amines is 1. The van der Waals surface area contributed by atoms with Crippen molar-refractivity contribution in [3.8, 4) is 17.3 Å². The number of imidazole rings is 1. The molecule has 19 heavy (non-hydrogen) atoms. The summed E-state index contributed by atoms with van der Waals surface area (Å²) in [6.45, 7) is 0. The van der Waals surface area contributed by atoms with E-state index in [1.165, 1.54) is 12.1 Å². The van der Waals surface area contributed by atoms with Gasteiger partial charge in [-0.25, -0.2) is 4.98 Å². The lowest BCUT2D eigenvalue weighted by molar-refractivity contribution is -0.401. The van der Waals surface area contributed by atoms with Gasteiger partial charge in [0.25, 0.3) is 0 Å². The Morgan fingerprint density at radius 1 is 1.37 bits per heavy atom. The fourth-order valence-corrected chi connectivity index (χ4v) is 1.84. The molecular weight excluding hydrogens is 250 g/mol. The quantitative estimate of drug-likeness (QED) is 0.576. The molecule has 0 amide bonds. The van der Waals surface area contributed by atoms with Crippen molar-refractivity contribution < 1.29 is 14.1 Å². The molecule has 7 heteroatoms. The maximum atomic E-state index is 10.6. The lowest BCUT2D eigenvalue weighted by Crippen LogP contribution is -1.83. The minimum Gasteiger partial charge on any atom is -0.494 e. The van der Waals surface area contributed by atoms with Gasteiger partial charge in [0.05, 0.1) is 18.7 Å². The minimum atomic E-state index is -0.591. The zero-order valence-corrected chi connectivity index (χ0v) is 9.91. The number of benzene rings is 1. The van der Waals surface area contributed by atoms with Crippen LogP contribution in [0.5, 0.6) is 5.75 Å². The van der Waals surface area contributed by atoms with Crippen LogP contribution in [0.25, 0.3) is 22.6 Å². The molecule has 0 bridgehead atoms. The predicted molar refractivity (Wildman–Crippen MR) is 67.0 cm³/mol. The van der Waals surface area contributed by atoms with E-state index in [0.717, 1.165) is 5.52 Å². The second kappa shape index (κ2) is 4.13. The summed E-state index contributed by atoms with van der Waals surface area (Å²) in [5.74, 6) is 1.04. The molecule has 3 rings (SSSR count). The predicted octanol–water partition coefficient (Wildman–Crippen LogP) is 2.74. The lowest BCUT2D eigenvalue weighted by Gasteiger charge is -1.97. The highest BCUT2D eigenvalue weighted by atomic mass is 16.6. The third-order valence-electron chi connectivity index (χ3n) is 2.70. The molecule has 0 unspecified atom stereocenters. The van der Waals surface area contributed by atoms with Gasteiger partial charge in [-0.05, 0) is 18.2 Å². The summed E-state index contributed by atoms with van der Waals surface area (Å²) in [5.41, 5.74) is 1.42. The average molecular weight is 259 g/mol. The van der Waals surface area contributed by atoms with Gasteiger partial charge in [0.1, 0.15) is 16.2 Å². The van der Waals surface area contributed by atoms with E-state index in [9.17, 15) is 10.1 Å². The van der Waals surface area contributed by atoms with Gasteiger partial charge in [0.2, 0.25) is 0 Å². The van der Waals surface area contributed by atoms with Gasteiger partial charge in [-0.1, -0.05) is 6.07 Å².